The minimum atomic E-state index is -0.134. The van der Waals surface area contributed by atoms with Crippen molar-refractivity contribution in [2.75, 3.05) is 6.61 Å². The van der Waals surface area contributed by atoms with Crippen molar-refractivity contribution in [2.24, 2.45) is 5.14 Å². The fourth-order valence-electron chi connectivity index (χ4n) is 1.22. The third kappa shape index (κ3) is 3.44. The van der Waals surface area contributed by atoms with Crippen LogP contribution in [0.5, 0.6) is 0 Å². The number of nitrogens with two attached hydrogens (primary N) is 1. The summed E-state index contributed by atoms with van der Waals surface area (Å²) in [6, 6.07) is 0. The van der Waals surface area contributed by atoms with Gasteiger partial charge < -0.3 is 4.74 Å². The molecule has 15 heavy (non-hydrogen) atoms. The Morgan fingerprint density at radius 2 is 2.07 bits per heavy atom. The van der Waals surface area contributed by atoms with Crippen molar-refractivity contribution in [3.8, 4) is 0 Å². The summed E-state index contributed by atoms with van der Waals surface area (Å²) in [7, 11) is 0. The van der Waals surface area contributed by atoms with Gasteiger partial charge in [0.15, 0.2) is 5.82 Å². The summed E-state index contributed by atoms with van der Waals surface area (Å²) in [6.07, 6.45) is 3.45. The first-order valence-corrected chi connectivity index (χ1v) is 5.89. The van der Waals surface area contributed by atoms with Crippen LogP contribution in [0.15, 0.2) is 12.4 Å². The molecule has 1 rings (SSSR count). The second-order valence-electron chi connectivity index (χ2n) is 3.34. The molecule has 0 aliphatic carbocycles. The van der Waals surface area contributed by atoms with Crippen LogP contribution in [0.3, 0.4) is 0 Å². The average molecular weight is 227 g/mol. The highest BCUT2D eigenvalue weighted by molar-refractivity contribution is 7.97. The summed E-state index contributed by atoms with van der Waals surface area (Å²) in [5.74, 6) is 0.702. The van der Waals surface area contributed by atoms with Crippen LogP contribution in [0.1, 0.15) is 31.3 Å². The van der Waals surface area contributed by atoms with E-state index in [1.54, 1.807) is 12.4 Å². The molecule has 84 valence electrons. The molecule has 2 unspecified atom stereocenters. The minimum Gasteiger partial charge on any atom is -0.369 e. The highest BCUT2D eigenvalue weighted by atomic mass is 32.2. The Labute approximate surface area is 94.8 Å². The average Bonchev–Trinajstić information content (AvgIpc) is 2.26. The standard InChI is InChI=1S/C10H17N3OS/c1-4-14-9(8(3)15-11)10-12-5-7(2)6-13-10/h5-6,8-9H,4,11H2,1-3H3. The first kappa shape index (κ1) is 12.4. The molecule has 1 heterocycles. The van der Waals surface area contributed by atoms with E-state index in [1.807, 2.05) is 20.8 Å². The lowest BCUT2D eigenvalue weighted by atomic mass is 10.2. The van der Waals surface area contributed by atoms with Gasteiger partial charge in [0, 0.05) is 24.3 Å². The Kier molecular flexibility index (Phi) is 5.01. The molecule has 0 aromatic carbocycles. The smallest absolute Gasteiger partial charge is 0.158 e. The second-order valence-corrected chi connectivity index (χ2v) is 4.35. The molecule has 0 saturated heterocycles. The van der Waals surface area contributed by atoms with E-state index >= 15 is 0 Å². The fraction of sp³-hybridized carbons (Fsp3) is 0.600. The molecule has 2 N–H and O–H groups in total. The molecule has 0 saturated carbocycles. The molecule has 0 radical (unpaired) electrons. The van der Waals surface area contributed by atoms with Crippen molar-refractivity contribution in [1.82, 2.24) is 9.97 Å². The molecule has 5 heteroatoms. The molecule has 0 amide bonds. The third-order valence-electron chi connectivity index (χ3n) is 2.04. The normalized spacial score (nSPS) is 14.9. The minimum absolute atomic E-state index is 0.134. The van der Waals surface area contributed by atoms with Crippen LogP contribution >= 0.6 is 11.9 Å². The van der Waals surface area contributed by atoms with Gasteiger partial charge in [-0.15, -0.1) is 0 Å². The topological polar surface area (TPSA) is 61.0 Å². The molecule has 1 aromatic rings. The summed E-state index contributed by atoms with van der Waals surface area (Å²) in [5.41, 5.74) is 1.04. The van der Waals surface area contributed by atoms with Crippen LogP contribution in [-0.2, 0) is 4.74 Å². The van der Waals surface area contributed by atoms with E-state index in [4.69, 9.17) is 9.88 Å². The number of hydrogen-bond acceptors (Lipinski definition) is 5. The maximum atomic E-state index is 5.59. The number of nitrogens with zero attached hydrogens (tertiary/aromatic N) is 2. The summed E-state index contributed by atoms with van der Waals surface area (Å²) >= 11 is 1.27. The van der Waals surface area contributed by atoms with E-state index in [2.05, 4.69) is 9.97 Å². The molecule has 1 aromatic heterocycles. The molecule has 0 aliphatic heterocycles. The van der Waals surface area contributed by atoms with Crippen molar-refractivity contribution in [3.63, 3.8) is 0 Å². The van der Waals surface area contributed by atoms with Crippen molar-refractivity contribution < 1.29 is 4.74 Å². The van der Waals surface area contributed by atoms with Gasteiger partial charge in [-0.1, -0.05) is 11.9 Å². The zero-order chi connectivity index (χ0) is 11.3. The number of hydrogen-bond donors (Lipinski definition) is 1. The number of aromatic nitrogens is 2. The SMILES string of the molecule is CCOC(c1ncc(C)cn1)C(C)SN. The molecule has 0 aliphatic rings. The number of ether oxygens (including phenoxy) is 1. The van der Waals surface area contributed by atoms with Crippen LogP contribution in [0.25, 0.3) is 0 Å². The van der Waals surface area contributed by atoms with Crippen LogP contribution in [0, 0.1) is 6.92 Å². The van der Waals surface area contributed by atoms with E-state index in [0.29, 0.717) is 12.4 Å². The van der Waals surface area contributed by atoms with Gasteiger partial charge in [0.05, 0.1) is 0 Å². The Hall–Kier alpha value is -0.650. The molecule has 2 atom stereocenters. The van der Waals surface area contributed by atoms with Gasteiger partial charge in [-0.05, 0) is 26.3 Å². The fourth-order valence-corrected chi connectivity index (χ4v) is 1.56. The van der Waals surface area contributed by atoms with Crippen LogP contribution in [0.2, 0.25) is 0 Å². The van der Waals surface area contributed by atoms with Gasteiger partial charge in [-0.25, -0.2) is 9.97 Å². The van der Waals surface area contributed by atoms with Crippen molar-refractivity contribution in [1.29, 1.82) is 0 Å². The van der Waals surface area contributed by atoms with E-state index in [0.717, 1.165) is 5.56 Å². The van der Waals surface area contributed by atoms with Gasteiger partial charge in [-0.3, -0.25) is 5.14 Å². The highest BCUT2D eigenvalue weighted by Gasteiger charge is 2.21. The Bertz CT molecular complexity index is 291. The molecule has 0 fully saturated rings. The molecule has 0 bridgehead atoms. The molecule has 0 spiro atoms. The van der Waals surface area contributed by atoms with Crippen molar-refractivity contribution in [3.05, 3.63) is 23.8 Å². The molecular formula is C10H17N3OS. The van der Waals surface area contributed by atoms with Gasteiger partial charge in [-0.2, -0.15) is 0 Å². The van der Waals surface area contributed by atoms with E-state index in [-0.39, 0.29) is 11.4 Å². The Morgan fingerprint density at radius 3 is 2.53 bits per heavy atom. The molecule has 4 nitrogen and oxygen atoms in total. The number of aryl methyl sites for hydroxylation is 1. The lowest BCUT2D eigenvalue weighted by Gasteiger charge is -2.20. The van der Waals surface area contributed by atoms with Crippen molar-refractivity contribution >= 4 is 11.9 Å². The second kappa shape index (κ2) is 6.05. The van der Waals surface area contributed by atoms with Crippen LogP contribution in [-0.4, -0.2) is 21.8 Å². The maximum Gasteiger partial charge on any atom is 0.158 e. The third-order valence-corrected chi connectivity index (χ3v) is 2.72. The lowest BCUT2D eigenvalue weighted by Crippen LogP contribution is -2.19. The summed E-state index contributed by atoms with van der Waals surface area (Å²) in [4.78, 5) is 8.52. The summed E-state index contributed by atoms with van der Waals surface area (Å²) in [6.45, 7) is 6.55. The Morgan fingerprint density at radius 1 is 1.47 bits per heavy atom. The van der Waals surface area contributed by atoms with Gasteiger partial charge in [0.2, 0.25) is 0 Å². The highest BCUT2D eigenvalue weighted by Crippen LogP contribution is 2.24. The van der Waals surface area contributed by atoms with E-state index in [1.165, 1.54) is 11.9 Å². The van der Waals surface area contributed by atoms with Crippen LogP contribution < -0.4 is 5.14 Å². The van der Waals surface area contributed by atoms with Crippen LogP contribution in [0.4, 0.5) is 0 Å². The van der Waals surface area contributed by atoms with E-state index in [9.17, 15) is 0 Å². The quantitative estimate of drug-likeness (QED) is 0.778. The first-order valence-electron chi connectivity index (χ1n) is 4.94. The predicted molar refractivity (Wildman–Crippen MR) is 62.4 cm³/mol. The van der Waals surface area contributed by atoms with Gasteiger partial charge in [0.25, 0.3) is 0 Å². The predicted octanol–water partition coefficient (Wildman–Crippen LogP) is 1.86. The summed E-state index contributed by atoms with van der Waals surface area (Å²) in [5, 5.41) is 5.70. The van der Waals surface area contributed by atoms with E-state index < -0.39 is 0 Å². The zero-order valence-corrected chi connectivity index (χ0v) is 10.1. The first-order chi connectivity index (χ1) is 7.19. The maximum absolute atomic E-state index is 5.59. The van der Waals surface area contributed by atoms with Crippen molar-refractivity contribution in [2.45, 2.75) is 32.1 Å². The Balaban J connectivity index is 2.83. The summed E-state index contributed by atoms with van der Waals surface area (Å²) < 4.78 is 5.59. The van der Waals surface area contributed by atoms with Gasteiger partial charge >= 0.3 is 0 Å². The largest absolute Gasteiger partial charge is 0.369 e. The molecular weight excluding hydrogens is 210 g/mol. The lowest BCUT2D eigenvalue weighted by molar-refractivity contribution is 0.0575. The zero-order valence-electron chi connectivity index (χ0n) is 9.30. The number of rotatable bonds is 5. The monoisotopic (exact) mass is 227 g/mol. The van der Waals surface area contributed by atoms with Gasteiger partial charge in [0.1, 0.15) is 6.10 Å².